The van der Waals surface area contributed by atoms with Crippen LogP contribution in [-0.2, 0) is 16.8 Å². The van der Waals surface area contributed by atoms with E-state index in [1.807, 2.05) is 24.3 Å². The van der Waals surface area contributed by atoms with E-state index in [1.54, 1.807) is 7.11 Å². The van der Waals surface area contributed by atoms with Gasteiger partial charge in [0.05, 0.1) is 13.2 Å². The first-order valence-electron chi connectivity index (χ1n) is 8.53. The summed E-state index contributed by atoms with van der Waals surface area (Å²) >= 11 is 3.50. The number of benzene rings is 2. The number of methoxy groups -OCH3 is 1. The van der Waals surface area contributed by atoms with Crippen molar-refractivity contribution in [1.82, 2.24) is 0 Å². The van der Waals surface area contributed by atoms with Crippen LogP contribution in [0.2, 0.25) is 0 Å². The third-order valence-electron chi connectivity index (χ3n) is 4.90. The van der Waals surface area contributed by atoms with Crippen LogP contribution in [0.25, 0.3) is 0 Å². The predicted octanol–water partition coefficient (Wildman–Crippen LogP) is 4.44. The fraction of sp³-hybridized carbons (Fsp3) is 0.350. The average molecular weight is 402 g/mol. The minimum absolute atomic E-state index is 0.124. The highest BCUT2D eigenvalue weighted by Gasteiger charge is 2.38. The summed E-state index contributed by atoms with van der Waals surface area (Å²) < 4.78 is 6.34. The number of nitrogens with one attached hydrogen (secondary N) is 1. The highest BCUT2D eigenvalue weighted by molar-refractivity contribution is 9.10. The number of para-hydroxylation sites is 1. The molecule has 0 aliphatic heterocycles. The summed E-state index contributed by atoms with van der Waals surface area (Å²) in [7, 11) is 1.69. The van der Waals surface area contributed by atoms with Crippen LogP contribution in [0.1, 0.15) is 30.4 Å². The van der Waals surface area contributed by atoms with Crippen LogP contribution in [-0.4, -0.2) is 19.6 Å². The third-order valence-corrected chi connectivity index (χ3v) is 5.43. The van der Waals surface area contributed by atoms with Crippen molar-refractivity contribution in [2.24, 2.45) is 10.7 Å². The largest absolute Gasteiger partial charge is 0.380 e. The van der Waals surface area contributed by atoms with E-state index in [1.165, 1.54) is 12.0 Å². The summed E-state index contributed by atoms with van der Waals surface area (Å²) in [4.78, 5) is 4.64. The summed E-state index contributed by atoms with van der Waals surface area (Å²) in [6, 6.07) is 16.6. The van der Waals surface area contributed by atoms with Crippen LogP contribution < -0.4 is 11.1 Å². The summed E-state index contributed by atoms with van der Waals surface area (Å²) in [5.41, 5.74) is 9.63. The summed E-state index contributed by atoms with van der Waals surface area (Å²) in [6.07, 6.45) is 3.56. The zero-order valence-corrected chi connectivity index (χ0v) is 16.1. The van der Waals surface area contributed by atoms with E-state index in [9.17, 15) is 0 Å². The number of nitrogens with zero attached hydrogens (tertiary/aromatic N) is 1. The Hall–Kier alpha value is -1.85. The van der Waals surface area contributed by atoms with Crippen molar-refractivity contribution < 1.29 is 4.74 Å². The number of hydrogen-bond donors (Lipinski definition) is 2. The van der Waals surface area contributed by atoms with Crippen molar-refractivity contribution in [3.05, 3.63) is 64.1 Å². The van der Waals surface area contributed by atoms with Gasteiger partial charge in [-0.1, -0.05) is 52.7 Å². The maximum atomic E-state index is 6.15. The van der Waals surface area contributed by atoms with Gasteiger partial charge in [0.25, 0.3) is 0 Å². The van der Waals surface area contributed by atoms with E-state index in [2.05, 4.69) is 50.5 Å². The topological polar surface area (TPSA) is 59.6 Å². The molecule has 0 heterocycles. The Morgan fingerprint density at radius 2 is 1.92 bits per heavy atom. The van der Waals surface area contributed by atoms with Gasteiger partial charge in [0.1, 0.15) is 0 Å². The second-order valence-electron chi connectivity index (χ2n) is 6.56. The number of aliphatic imine (C=N–C) groups is 1. The SMILES string of the molecule is COCc1ccccc1NC(N)=NCC1(c2ccc(Br)cc2)CCC1. The molecule has 1 fully saturated rings. The Balaban J connectivity index is 1.71. The normalized spacial score (nSPS) is 16.3. The Morgan fingerprint density at radius 1 is 1.20 bits per heavy atom. The molecule has 132 valence electrons. The van der Waals surface area contributed by atoms with Gasteiger partial charge in [-0.2, -0.15) is 0 Å². The maximum Gasteiger partial charge on any atom is 0.193 e. The molecule has 1 aliphatic carbocycles. The van der Waals surface area contributed by atoms with Gasteiger partial charge in [-0.3, -0.25) is 4.99 Å². The molecule has 25 heavy (non-hydrogen) atoms. The lowest BCUT2D eigenvalue weighted by Gasteiger charge is -2.41. The molecular formula is C20H24BrN3O. The lowest BCUT2D eigenvalue weighted by molar-refractivity contribution is 0.185. The molecule has 2 aromatic rings. The summed E-state index contributed by atoms with van der Waals surface area (Å²) in [5.74, 6) is 0.451. The molecule has 5 heteroatoms. The third kappa shape index (κ3) is 4.22. The standard InChI is InChI=1S/C20H24BrN3O/c1-25-13-15-5-2-3-6-18(15)24-19(22)23-14-20(11-4-12-20)16-7-9-17(21)10-8-16/h2-3,5-10H,4,11-14H2,1H3,(H3,22,23,24). The molecule has 0 spiro atoms. The van der Waals surface area contributed by atoms with Gasteiger partial charge in [-0.05, 0) is 36.6 Å². The Bertz CT molecular complexity index is 739. The van der Waals surface area contributed by atoms with Crippen LogP contribution in [0.4, 0.5) is 5.69 Å². The van der Waals surface area contributed by atoms with E-state index in [-0.39, 0.29) is 5.41 Å². The van der Waals surface area contributed by atoms with Gasteiger partial charge in [0, 0.05) is 28.2 Å². The van der Waals surface area contributed by atoms with Crippen molar-refractivity contribution in [1.29, 1.82) is 0 Å². The van der Waals surface area contributed by atoms with E-state index in [0.717, 1.165) is 28.6 Å². The highest BCUT2D eigenvalue weighted by Crippen LogP contribution is 2.44. The molecule has 1 aliphatic rings. The van der Waals surface area contributed by atoms with E-state index >= 15 is 0 Å². The maximum absolute atomic E-state index is 6.15. The van der Waals surface area contributed by atoms with Crippen molar-refractivity contribution >= 4 is 27.6 Å². The zero-order chi connectivity index (χ0) is 17.7. The first-order chi connectivity index (χ1) is 12.1. The smallest absolute Gasteiger partial charge is 0.193 e. The molecule has 1 saturated carbocycles. The average Bonchev–Trinajstić information content (AvgIpc) is 2.57. The van der Waals surface area contributed by atoms with Gasteiger partial charge in [0.15, 0.2) is 5.96 Å². The molecule has 0 unspecified atom stereocenters. The second kappa shape index (κ2) is 8.02. The number of rotatable bonds is 6. The van der Waals surface area contributed by atoms with Crippen LogP contribution >= 0.6 is 15.9 Å². The van der Waals surface area contributed by atoms with Crippen molar-refractivity contribution in [2.75, 3.05) is 19.0 Å². The van der Waals surface area contributed by atoms with E-state index < -0.39 is 0 Å². The summed E-state index contributed by atoms with van der Waals surface area (Å²) in [6.45, 7) is 1.25. The van der Waals surface area contributed by atoms with Gasteiger partial charge < -0.3 is 15.8 Å². The fourth-order valence-electron chi connectivity index (χ4n) is 3.28. The molecule has 0 saturated heterocycles. The van der Waals surface area contributed by atoms with E-state index in [4.69, 9.17) is 10.5 Å². The Kier molecular flexibility index (Phi) is 5.76. The molecule has 0 aromatic heterocycles. The van der Waals surface area contributed by atoms with Crippen LogP contribution in [0, 0.1) is 0 Å². The van der Waals surface area contributed by atoms with Crippen LogP contribution in [0.3, 0.4) is 0 Å². The Morgan fingerprint density at radius 3 is 2.56 bits per heavy atom. The second-order valence-corrected chi connectivity index (χ2v) is 7.47. The molecule has 0 bridgehead atoms. The minimum Gasteiger partial charge on any atom is -0.380 e. The molecule has 0 radical (unpaired) electrons. The molecule has 4 nitrogen and oxygen atoms in total. The lowest BCUT2D eigenvalue weighted by Crippen LogP contribution is -2.38. The van der Waals surface area contributed by atoms with Crippen LogP contribution in [0.5, 0.6) is 0 Å². The number of hydrogen-bond acceptors (Lipinski definition) is 2. The first-order valence-corrected chi connectivity index (χ1v) is 9.32. The molecule has 0 amide bonds. The molecular weight excluding hydrogens is 378 g/mol. The monoisotopic (exact) mass is 401 g/mol. The quantitative estimate of drug-likeness (QED) is 0.555. The van der Waals surface area contributed by atoms with Gasteiger partial charge in [-0.25, -0.2) is 0 Å². The predicted molar refractivity (Wildman–Crippen MR) is 107 cm³/mol. The molecule has 3 rings (SSSR count). The Labute approximate surface area is 157 Å². The molecule has 0 atom stereocenters. The number of anilines is 1. The van der Waals surface area contributed by atoms with Crippen molar-refractivity contribution in [3.8, 4) is 0 Å². The summed E-state index contributed by atoms with van der Waals surface area (Å²) in [5, 5.41) is 3.22. The lowest BCUT2D eigenvalue weighted by atomic mass is 9.64. The fourth-order valence-corrected chi connectivity index (χ4v) is 3.55. The van der Waals surface area contributed by atoms with Crippen LogP contribution in [0.15, 0.2) is 58.0 Å². The number of nitrogens with two attached hydrogens (primary N) is 1. The van der Waals surface area contributed by atoms with Gasteiger partial charge in [-0.15, -0.1) is 0 Å². The van der Waals surface area contributed by atoms with Gasteiger partial charge in [0.2, 0.25) is 0 Å². The van der Waals surface area contributed by atoms with E-state index in [0.29, 0.717) is 19.1 Å². The first kappa shape index (κ1) is 18.0. The van der Waals surface area contributed by atoms with Crippen molar-refractivity contribution in [2.45, 2.75) is 31.3 Å². The van der Waals surface area contributed by atoms with Gasteiger partial charge >= 0.3 is 0 Å². The number of halogens is 1. The highest BCUT2D eigenvalue weighted by atomic mass is 79.9. The minimum atomic E-state index is 0.124. The number of ether oxygens (including phenoxy) is 1. The molecule has 3 N–H and O–H groups in total. The zero-order valence-electron chi connectivity index (χ0n) is 14.5. The number of guanidine groups is 1. The molecule has 2 aromatic carbocycles. The van der Waals surface area contributed by atoms with Crippen molar-refractivity contribution in [3.63, 3.8) is 0 Å².